The van der Waals surface area contributed by atoms with Gasteiger partial charge in [-0.25, -0.2) is 4.99 Å². The highest BCUT2D eigenvalue weighted by Crippen LogP contribution is 2.48. The fourth-order valence-electron chi connectivity index (χ4n) is 3.64. The van der Waals surface area contributed by atoms with Crippen LogP contribution in [0.5, 0.6) is 0 Å². The number of likely N-dealkylation sites (N-methyl/N-ethyl adjacent to an activating group) is 1. The largest absolute Gasteiger partial charge is 0.353 e. The fraction of sp³-hybridized carbons (Fsp3) is 0.882. The Morgan fingerprint density at radius 2 is 2.09 bits per heavy atom. The van der Waals surface area contributed by atoms with Gasteiger partial charge in [0.05, 0.1) is 0 Å². The predicted molar refractivity (Wildman–Crippen MR) is 88.8 cm³/mol. The van der Waals surface area contributed by atoms with E-state index in [1.54, 1.807) is 19.0 Å². The number of carbonyl (C=O) groups excluding carboxylic acids is 1. The molecule has 0 unspecified atom stereocenters. The molecule has 1 aliphatic heterocycles. The quantitative estimate of drug-likeness (QED) is 0.635. The van der Waals surface area contributed by atoms with Gasteiger partial charge in [-0.15, -0.1) is 0 Å². The fourth-order valence-corrected chi connectivity index (χ4v) is 3.64. The molecule has 3 fully saturated rings. The van der Waals surface area contributed by atoms with Gasteiger partial charge in [0, 0.05) is 33.2 Å². The monoisotopic (exact) mass is 306 g/mol. The molecule has 3 aliphatic rings. The van der Waals surface area contributed by atoms with Crippen LogP contribution in [0.1, 0.15) is 45.4 Å². The molecule has 0 radical (unpaired) electrons. The number of hydrogen-bond donors (Lipinski definition) is 1. The Morgan fingerprint density at radius 1 is 1.36 bits per heavy atom. The number of guanidine groups is 1. The SMILES string of the molecule is C[C@H](NC(=NCC(=O)N(C)C)N1CCC2(CCC2)C1)C1CC1. The normalized spacial score (nSPS) is 25.0. The van der Waals surface area contributed by atoms with Crippen LogP contribution in [0, 0.1) is 11.3 Å². The number of nitrogens with one attached hydrogen (secondary N) is 1. The summed E-state index contributed by atoms with van der Waals surface area (Å²) in [5.74, 6) is 1.81. The third-order valence-electron chi connectivity index (χ3n) is 5.70. The molecule has 1 spiro atoms. The van der Waals surface area contributed by atoms with E-state index in [-0.39, 0.29) is 12.5 Å². The summed E-state index contributed by atoms with van der Waals surface area (Å²) in [5, 5.41) is 3.61. The van der Waals surface area contributed by atoms with E-state index < -0.39 is 0 Å². The molecule has 1 heterocycles. The van der Waals surface area contributed by atoms with E-state index in [0.717, 1.165) is 25.0 Å². The van der Waals surface area contributed by atoms with E-state index in [0.29, 0.717) is 11.5 Å². The molecule has 0 aromatic heterocycles. The third kappa shape index (κ3) is 3.39. The van der Waals surface area contributed by atoms with Crippen molar-refractivity contribution in [1.29, 1.82) is 0 Å². The Bertz CT molecular complexity index is 452. The minimum absolute atomic E-state index is 0.0657. The molecule has 0 aromatic rings. The molecule has 3 rings (SSSR count). The third-order valence-corrected chi connectivity index (χ3v) is 5.70. The first-order valence-corrected chi connectivity index (χ1v) is 8.75. The van der Waals surface area contributed by atoms with Gasteiger partial charge in [0.15, 0.2) is 5.96 Å². The molecule has 22 heavy (non-hydrogen) atoms. The summed E-state index contributed by atoms with van der Waals surface area (Å²) in [4.78, 5) is 20.5. The number of rotatable bonds is 4. The number of amides is 1. The molecule has 1 saturated heterocycles. The van der Waals surface area contributed by atoms with Gasteiger partial charge >= 0.3 is 0 Å². The molecule has 0 bridgehead atoms. The number of hydrogen-bond acceptors (Lipinski definition) is 2. The predicted octanol–water partition coefficient (Wildman–Crippen LogP) is 1.69. The first-order chi connectivity index (χ1) is 10.5. The smallest absolute Gasteiger partial charge is 0.243 e. The first-order valence-electron chi connectivity index (χ1n) is 8.75. The second kappa shape index (κ2) is 6.09. The molecule has 1 amide bonds. The lowest BCUT2D eigenvalue weighted by molar-refractivity contribution is -0.127. The van der Waals surface area contributed by atoms with Gasteiger partial charge in [0.25, 0.3) is 0 Å². The molecule has 5 nitrogen and oxygen atoms in total. The summed E-state index contributed by atoms with van der Waals surface area (Å²) in [6.45, 7) is 4.69. The highest BCUT2D eigenvalue weighted by Gasteiger charge is 2.44. The van der Waals surface area contributed by atoms with Crippen molar-refractivity contribution in [3.8, 4) is 0 Å². The zero-order valence-corrected chi connectivity index (χ0v) is 14.3. The van der Waals surface area contributed by atoms with E-state index in [1.165, 1.54) is 38.5 Å². The van der Waals surface area contributed by atoms with E-state index in [9.17, 15) is 4.79 Å². The lowest BCUT2D eigenvalue weighted by Gasteiger charge is -2.38. The molecule has 124 valence electrons. The maximum absolute atomic E-state index is 11.9. The molecule has 2 aliphatic carbocycles. The van der Waals surface area contributed by atoms with Crippen LogP contribution in [0.25, 0.3) is 0 Å². The second-order valence-corrected chi connectivity index (χ2v) is 7.72. The highest BCUT2D eigenvalue weighted by atomic mass is 16.2. The maximum Gasteiger partial charge on any atom is 0.243 e. The van der Waals surface area contributed by atoms with Gasteiger partial charge in [-0.05, 0) is 50.4 Å². The van der Waals surface area contributed by atoms with Crippen molar-refractivity contribution in [1.82, 2.24) is 15.1 Å². The lowest BCUT2D eigenvalue weighted by atomic mass is 9.68. The van der Waals surface area contributed by atoms with Gasteiger partial charge in [-0.2, -0.15) is 0 Å². The zero-order chi connectivity index (χ0) is 15.7. The molecule has 1 N–H and O–H groups in total. The van der Waals surface area contributed by atoms with Crippen molar-refractivity contribution < 1.29 is 4.79 Å². The Morgan fingerprint density at radius 3 is 2.59 bits per heavy atom. The van der Waals surface area contributed by atoms with E-state index in [4.69, 9.17) is 0 Å². The summed E-state index contributed by atoms with van der Waals surface area (Å²) in [7, 11) is 3.58. The number of nitrogens with zero attached hydrogens (tertiary/aromatic N) is 3. The van der Waals surface area contributed by atoms with Crippen LogP contribution in [-0.4, -0.2) is 61.4 Å². The topological polar surface area (TPSA) is 47.9 Å². The van der Waals surface area contributed by atoms with Crippen molar-refractivity contribution in [2.75, 3.05) is 33.7 Å². The summed E-state index contributed by atoms with van der Waals surface area (Å²) in [6, 6.07) is 0.464. The molecule has 2 saturated carbocycles. The van der Waals surface area contributed by atoms with Crippen molar-refractivity contribution in [2.24, 2.45) is 16.3 Å². The Balaban J connectivity index is 1.65. The van der Waals surface area contributed by atoms with Crippen LogP contribution in [0.3, 0.4) is 0 Å². The van der Waals surface area contributed by atoms with Gasteiger partial charge in [-0.1, -0.05) is 6.42 Å². The van der Waals surface area contributed by atoms with Gasteiger partial charge in [-0.3, -0.25) is 4.79 Å². The van der Waals surface area contributed by atoms with Crippen LogP contribution >= 0.6 is 0 Å². The second-order valence-electron chi connectivity index (χ2n) is 7.72. The average molecular weight is 306 g/mol. The van der Waals surface area contributed by atoms with Gasteiger partial charge in [0.1, 0.15) is 6.54 Å². The highest BCUT2D eigenvalue weighted by molar-refractivity contribution is 5.85. The molecular weight excluding hydrogens is 276 g/mol. The summed E-state index contributed by atoms with van der Waals surface area (Å²) in [6.07, 6.45) is 8.04. The molecule has 0 aromatic carbocycles. The van der Waals surface area contributed by atoms with E-state index in [2.05, 4.69) is 22.1 Å². The number of aliphatic imine (C=N–C) groups is 1. The number of carbonyl (C=O) groups is 1. The molecular formula is C17H30N4O. The minimum atomic E-state index is 0.0657. The Hall–Kier alpha value is -1.26. The van der Waals surface area contributed by atoms with Crippen molar-refractivity contribution in [2.45, 2.75) is 51.5 Å². The Kier molecular flexibility index (Phi) is 4.33. The van der Waals surface area contributed by atoms with Crippen LogP contribution in [0.4, 0.5) is 0 Å². The van der Waals surface area contributed by atoms with Crippen molar-refractivity contribution in [3.05, 3.63) is 0 Å². The minimum Gasteiger partial charge on any atom is -0.353 e. The summed E-state index contributed by atoms with van der Waals surface area (Å²) in [5.41, 5.74) is 0.552. The zero-order valence-electron chi connectivity index (χ0n) is 14.3. The van der Waals surface area contributed by atoms with Crippen molar-refractivity contribution >= 4 is 11.9 Å². The Labute approximate surface area is 134 Å². The lowest BCUT2D eigenvalue weighted by Crippen LogP contribution is -2.46. The van der Waals surface area contributed by atoms with E-state index in [1.807, 2.05) is 0 Å². The maximum atomic E-state index is 11.9. The molecule has 5 heteroatoms. The van der Waals surface area contributed by atoms with Crippen LogP contribution in [0.2, 0.25) is 0 Å². The van der Waals surface area contributed by atoms with Crippen LogP contribution in [-0.2, 0) is 4.79 Å². The standard InChI is InChI=1S/C17H30N4O/c1-13(14-5-6-14)19-16(18-11-15(22)20(2)3)21-10-9-17(12-21)7-4-8-17/h13-14H,4-12H2,1-3H3,(H,18,19)/t13-/m0/s1. The van der Waals surface area contributed by atoms with E-state index >= 15 is 0 Å². The van der Waals surface area contributed by atoms with Crippen LogP contribution < -0.4 is 5.32 Å². The van der Waals surface area contributed by atoms with Gasteiger partial charge < -0.3 is 15.1 Å². The van der Waals surface area contributed by atoms with Crippen molar-refractivity contribution in [3.63, 3.8) is 0 Å². The van der Waals surface area contributed by atoms with Gasteiger partial charge in [0.2, 0.25) is 5.91 Å². The summed E-state index contributed by atoms with van der Waals surface area (Å²) >= 11 is 0. The summed E-state index contributed by atoms with van der Waals surface area (Å²) < 4.78 is 0. The van der Waals surface area contributed by atoms with Crippen LogP contribution in [0.15, 0.2) is 4.99 Å². The first kappa shape index (κ1) is 15.6. The average Bonchev–Trinajstić information content (AvgIpc) is 3.19. The molecule has 1 atom stereocenters. The number of likely N-dealkylation sites (tertiary alicyclic amines) is 1.